The van der Waals surface area contributed by atoms with Gasteiger partial charge in [-0.25, -0.2) is 0 Å². The zero-order valence-corrected chi connectivity index (χ0v) is 31.3. The van der Waals surface area contributed by atoms with Crippen LogP contribution >= 0.6 is 0 Å². The van der Waals surface area contributed by atoms with Gasteiger partial charge >= 0.3 is 0 Å². The number of benzene rings is 9. The van der Waals surface area contributed by atoms with Gasteiger partial charge in [0.15, 0.2) is 0 Å². The summed E-state index contributed by atoms with van der Waals surface area (Å²) >= 11 is 0. The van der Waals surface area contributed by atoms with Gasteiger partial charge in [0.1, 0.15) is 0 Å². The molecule has 0 N–H and O–H groups in total. The van der Waals surface area contributed by atoms with Gasteiger partial charge in [-0.3, -0.25) is 0 Å². The predicted molar refractivity (Wildman–Crippen MR) is 237 cm³/mol. The molecule has 266 valence electrons. The molecule has 1 nitrogen and oxygen atoms in total. The van der Waals surface area contributed by atoms with E-state index < -0.39 is 0 Å². The standard InChI is InChI=1S/C56H37N/c1-2-15-36(16-3-1)39-32-40(37-17-14-18-38(31-37)55-48-24-7-4-19-43(48)44-20-5-8-25-49(44)55)34-41(33-39)56-50-26-9-6-21-45(50)52-35-42(29-30-51(52)56)57-53-27-12-10-22-46(53)47-23-11-13-28-54(47)57/h1-35,55-56H. The first-order chi connectivity index (χ1) is 28.3. The lowest BCUT2D eigenvalue weighted by Crippen LogP contribution is -2.02. The van der Waals surface area contributed by atoms with Crippen molar-refractivity contribution in [2.24, 2.45) is 0 Å². The van der Waals surface area contributed by atoms with Crippen molar-refractivity contribution in [3.63, 3.8) is 0 Å². The molecular weight excluding hydrogens is 687 g/mol. The summed E-state index contributed by atoms with van der Waals surface area (Å²) in [7, 11) is 0. The number of nitrogens with zero attached hydrogens (tertiary/aromatic N) is 1. The quantitative estimate of drug-likeness (QED) is 0.167. The van der Waals surface area contributed by atoms with Crippen molar-refractivity contribution in [2.75, 3.05) is 0 Å². The van der Waals surface area contributed by atoms with E-state index in [1.807, 2.05) is 0 Å². The van der Waals surface area contributed by atoms with Gasteiger partial charge in [0, 0.05) is 28.3 Å². The number of hydrogen-bond acceptors (Lipinski definition) is 0. The van der Waals surface area contributed by atoms with Gasteiger partial charge in [-0.05, 0) is 108 Å². The van der Waals surface area contributed by atoms with Gasteiger partial charge in [-0.15, -0.1) is 0 Å². The third-order valence-electron chi connectivity index (χ3n) is 12.5. The van der Waals surface area contributed by atoms with E-state index in [0.717, 1.165) is 0 Å². The Bertz CT molecular complexity index is 3100. The minimum Gasteiger partial charge on any atom is -0.309 e. The van der Waals surface area contributed by atoms with Crippen LogP contribution in [0.1, 0.15) is 45.2 Å². The smallest absolute Gasteiger partial charge is 0.0541 e. The minimum atomic E-state index is 0.0996. The highest BCUT2D eigenvalue weighted by Gasteiger charge is 2.32. The van der Waals surface area contributed by atoms with Crippen molar-refractivity contribution in [1.82, 2.24) is 4.57 Å². The summed E-state index contributed by atoms with van der Waals surface area (Å²) < 4.78 is 2.43. The van der Waals surface area contributed by atoms with Gasteiger partial charge < -0.3 is 4.57 Å². The predicted octanol–water partition coefficient (Wildman–Crippen LogP) is 14.4. The molecule has 0 amide bonds. The molecule has 0 saturated heterocycles. The average Bonchev–Trinajstić information content (AvgIpc) is 3.92. The van der Waals surface area contributed by atoms with E-state index in [-0.39, 0.29) is 11.8 Å². The van der Waals surface area contributed by atoms with Gasteiger partial charge in [0.2, 0.25) is 0 Å². The summed E-state index contributed by atoms with van der Waals surface area (Å²) in [5, 5.41) is 2.56. The van der Waals surface area contributed by atoms with Crippen LogP contribution in [0.5, 0.6) is 0 Å². The molecule has 1 unspecified atom stereocenters. The van der Waals surface area contributed by atoms with Crippen molar-refractivity contribution in [2.45, 2.75) is 11.8 Å². The zero-order valence-electron chi connectivity index (χ0n) is 31.3. The van der Waals surface area contributed by atoms with E-state index in [1.54, 1.807) is 0 Å². The molecule has 2 aliphatic rings. The molecule has 0 bridgehead atoms. The van der Waals surface area contributed by atoms with Crippen molar-refractivity contribution in [3.8, 4) is 50.2 Å². The number of para-hydroxylation sites is 2. The summed E-state index contributed by atoms with van der Waals surface area (Å²) in [6.45, 7) is 0. The van der Waals surface area contributed by atoms with Gasteiger partial charge in [0.05, 0.1) is 11.0 Å². The Morgan fingerprint density at radius 3 is 1.40 bits per heavy atom. The summed E-state index contributed by atoms with van der Waals surface area (Å²) in [5.41, 5.74) is 22.0. The van der Waals surface area contributed by atoms with Crippen molar-refractivity contribution in [3.05, 3.63) is 246 Å². The molecule has 57 heavy (non-hydrogen) atoms. The van der Waals surface area contributed by atoms with E-state index in [2.05, 4.69) is 217 Å². The van der Waals surface area contributed by atoms with Crippen LogP contribution in [0.15, 0.2) is 212 Å². The topological polar surface area (TPSA) is 4.93 Å². The number of fused-ring (bicyclic) bond motifs is 9. The molecule has 12 rings (SSSR count). The summed E-state index contributed by atoms with van der Waals surface area (Å²) in [5.74, 6) is 0.300. The van der Waals surface area contributed by atoms with E-state index in [0.29, 0.717) is 0 Å². The van der Waals surface area contributed by atoms with Crippen molar-refractivity contribution in [1.29, 1.82) is 0 Å². The highest BCUT2D eigenvalue weighted by Crippen LogP contribution is 2.51. The second kappa shape index (κ2) is 12.7. The molecule has 0 aliphatic heterocycles. The molecule has 1 heterocycles. The van der Waals surface area contributed by atoms with Crippen LogP contribution in [0, 0.1) is 0 Å². The Labute approximate surface area is 332 Å². The maximum atomic E-state index is 2.46. The maximum Gasteiger partial charge on any atom is 0.0541 e. The molecule has 9 aromatic carbocycles. The van der Waals surface area contributed by atoms with E-state index >= 15 is 0 Å². The molecule has 0 fully saturated rings. The largest absolute Gasteiger partial charge is 0.309 e. The molecule has 2 aliphatic carbocycles. The molecule has 1 aromatic heterocycles. The first-order valence-corrected chi connectivity index (χ1v) is 20.0. The number of aromatic nitrogens is 1. The third-order valence-corrected chi connectivity index (χ3v) is 12.5. The Balaban J connectivity index is 1.03. The zero-order chi connectivity index (χ0) is 37.5. The molecule has 1 atom stereocenters. The molecule has 0 radical (unpaired) electrons. The van der Waals surface area contributed by atoms with Gasteiger partial charge in [0.25, 0.3) is 0 Å². The average molecular weight is 724 g/mol. The van der Waals surface area contributed by atoms with E-state index in [1.165, 1.54) is 105 Å². The molecular formula is C56H37N. The summed E-state index contributed by atoms with van der Waals surface area (Å²) in [4.78, 5) is 0. The molecule has 10 aromatic rings. The molecule has 0 spiro atoms. The highest BCUT2D eigenvalue weighted by molar-refractivity contribution is 6.09. The molecule has 0 saturated carbocycles. The van der Waals surface area contributed by atoms with Gasteiger partial charge in [-0.1, -0.05) is 182 Å². The summed E-state index contributed by atoms with van der Waals surface area (Å²) in [6, 6.07) is 79.0. The lowest BCUT2D eigenvalue weighted by Gasteiger charge is -2.19. The number of rotatable bonds is 5. The Kier molecular flexibility index (Phi) is 7.12. The first kappa shape index (κ1) is 32.1. The Hall–Kier alpha value is -7.22. The summed E-state index contributed by atoms with van der Waals surface area (Å²) in [6.07, 6.45) is 0. The second-order valence-electron chi connectivity index (χ2n) is 15.6. The van der Waals surface area contributed by atoms with E-state index in [9.17, 15) is 0 Å². The minimum absolute atomic E-state index is 0.0996. The van der Waals surface area contributed by atoms with Crippen LogP contribution in [0.4, 0.5) is 0 Å². The fraction of sp³-hybridized carbons (Fsp3) is 0.0357. The highest BCUT2D eigenvalue weighted by atomic mass is 15.0. The monoisotopic (exact) mass is 723 g/mol. The van der Waals surface area contributed by atoms with Crippen LogP contribution in [-0.4, -0.2) is 4.57 Å². The molecule has 1 heteroatoms. The first-order valence-electron chi connectivity index (χ1n) is 20.0. The number of hydrogen-bond donors (Lipinski definition) is 0. The normalized spacial score (nSPS) is 14.1. The van der Waals surface area contributed by atoms with Crippen molar-refractivity contribution < 1.29 is 0 Å². The Morgan fingerprint density at radius 2 is 0.754 bits per heavy atom. The van der Waals surface area contributed by atoms with Crippen molar-refractivity contribution >= 4 is 21.8 Å². The fourth-order valence-corrected chi connectivity index (χ4v) is 10.1. The maximum absolute atomic E-state index is 2.46. The Morgan fingerprint density at radius 1 is 0.281 bits per heavy atom. The lowest BCUT2D eigenvalue weighted by molar-refractivity contribution is 1.01. The SMILES string of the molecule is c1ccc(-c2cc(-c3cccc(C4c5ccccc5-c5ccccc54)c3)cc(C3c4ccccc4-c4cc(-n5c6ccccc6c6ccccc65)ccc43)c2)cc1. The fourth-order valence-electron chi connectivity index (χ4n) is 10.1. The lowest BCUT2D eigenvalue weighted by atomic mass is 9.84. The van der Waals surface area contributed by atoms with E-state index in [4.69, 9.17) is 0 Å². The van der Waals surface area contributed by atoms with Crippen LogP contribution in [0.3, 0.4) is 0 Å². The van der Waals surface area contributed by atoms with Crippen LogP contribution in [0.25, 0.3) is 72.0 Å². The van der Waals surface area contributed by atoms with Gasteiger partial charge in [-0.2, -0.15) is 0 Å². The second-order valence-corrected chi connectivity index (χ2v) is 15.6. The third kappa shape index (κ3) is 4.95. The van der Waals surface area contributed by atoms with Crippen LogP contribution in [-0.2, 0) is 0 Å². The van der Waals surface area contributed by atoms with Crippen LogP contribution in [0.2, 0.25) is 0 Å². The van der Waals surface area contributed by atoms with Crippen LogP contribution < -0.4 is 0 Å².